The van der Waals surface area contributed by atoms with E-state index in [9.17, 15) is 14.7 Å². The molecule has 1 unspecified atom stereocenters. The van der Waals surface area contributed by atoms with Gasteiger partial charge in [-0.15, -0.1) is 0 Å². The van der Waals surface area contributed by atoms with Gasteiger partial charge in [-0.05, 0) is 77.9 Å². The zero-order chi connectivity index (χ0) is 27.1. The van der Waals surface area contributed by atoms with Crippen LogP contribution in [0.3, 0.4) is 0 Å². The zero-order valence-electron chi connectivity index (χ0n) is 22.4. The van der Waals surface area contributed by atoms with E-state index in [0.717, 1.165) is 16.7 Å². The number of hydrogen-bond acceptors (Lipinski definition) is 5. The van der Waals surface area contributed by atoms with Crippen LogP contribution in [0.5, 0.6) is 11.5 Å². The van der Waals surface area contributed by atoms with E-state index in [2.05, 4.69) is 20.8 Å². The molecule has 0 aliphatic carbocycles. The van der Waals surface area contributed by atoms with Gasteiger partial charge in [-0.2, -0.15) is 0 Å². The fraction of sp³-hybridized carbons (Fsp3) is 0.290. The molecule has 0 spiro atoms. The summed E-state index contributed by atoms with van der Waals surface area (Å²) in [5.74, 6) is -0.660. The van der Waals surface area contributed by atoms with Gasteiger partial charge in [-0.25, -0.2) is 0 Å². The van der Waals surface area contributed by atoms with Crippen LogP contribution in [-0.4, -0.2) is 31.0 Å². The standard InChI is InChI=1S/C31H33NO5/c1-18-8-12-22(16-19(18)2)32-27(20-9-13-23(36-6)14-10-20)26(29(34)30(32)35)28(33)24-17-21(31(3,4)5)11-15-25(24)37-7/h8-17,27,33H,1-7H3/b28-26+. The van der Waals surface area contributed by atoms with Gasteiger partial charge in [-0.3, -0.25) is 14.5 Å². The number of aliphatic hydroxyl groups excluding tert-OH is 1. The van der Waals surface area contributed by atoms with E-state index in [4.69, 9.17) is 9.47 Å². The smallest absolute Gasteiger partial charge is 0.300 e. The minimum Gasteiger partial charge on any atom is -0.507 e. The highest BCUT2D eigenvalue weighted by Gasteiger charge is 2.47. The predicted molar refractivity (Wildman–Crippen MR) is 145 cm³/mol. The first kappa shape index (κ1) is 26.0. The largest absolute Gasteiger partial charge is 0.507 e. The molecule has 0 bridgehead atoms. The Morgan fingerprint density at radius 1 is 0.865 bits per heavy atom. The molecule has 192 valence electrons. The second-order valence-corrected chi connectivity index (χ2v) is 10.4. The van der Waals surface area contributed by atoms with Crippen molar-refractivity contribution in [3.63, 3.8) is 0 Å². The average Bonchev–Trinajstić information content (AvgIpc) is 3.14. The SMILES string of the molecule is COc1ccc(C2/C(=C(\O)c3cc(C(C)(C)C)ccc3OC)C(=O)C(=O)N2c2ccc(C)c(C)c2)cc1. The topological polar surface area (TPSA) is 76.1 Å². The molecule has 0 saturated carbocycles. The van der Waals surface area contributed by atoms with E-state index < -0.39 is 17.7 Å². The van der Waals surface area contributed by atoms with Crippen molar-refractivity contribution < 1.29 is 24.2 Å². The van der Waals surface area contributed by atoms with Crippen molar-refractivity contribution in [2.75, 3.05) is 19.1 Å². The second kappa shape index (κ2) is 9.77. The van der Waals surface area contributed by atoms with E-state index in [1.165, 1.54) is 12.0 Å². The highest BCUT2D eigenvalue weighted by molar-refractivity contribution is 6.51. The minimum absolute atomic E-state index is 0.0118. The molecule has 1 atom stereocenters. The Hall–Kier alpha value is -4.06. The summed E-state index contributed by atoms with van der Waals surface area (Å²) in [5, 5.41) is 11.7. The number of ether oxygens (including phenoxy) is 2. The van der Waals surface area contributed by atoms with Crippen molar-refractivity contribution in [1.29, 1.82) is 0 Å². The quantitative estimate of drug-likeness (QED) is 0.255. The van der Waals surface area contributed by atoms with E-state index in [-0.39, 0.29) is 16.7 Å². The third-order valence-electron chi connectivity index (χ3n) is 6.97. The molecule has 1 aliphatic heterocycles. The van der Waals surface area contributed by atoms with Gasteiger partial charge in [0.25, 0.3) is 11.7 Å². The van der Waals surface area contributed by atoms with Crippen LogP contribution >= 0.6 is 0 Å². The normalized spacial score (nSPS) is 17.3. The fourth-order valence-corrected chi connectivity index (χ4v) is 4.58. The molecule has 3 aromatic rings. The number of aliphatic hydroxyl groups is 1. The Kier molecular flexibility index (Phi) is 6.87. The van der Waals surface area contributed by atoms with Gasteiger partial charge in [0, 0.05) is 5.69 Å². The van der Waals surface area contributed by atoms with Gasteiger partial charge in [-0.1, -0.05) is 45.0 Å². The summed E-state index contributed by atoms with van der Waals surface area (Å²) in [6.07, 6.45) is 0. The molecular formula is C31H33NO5. The minimum atomic E-state index is -0.837. The van der Waals surface area contributed by atoms with Crippen molar-refractivity contribution in [2.45, 2.75) is 46.1 Å². The molecule has 1 heterocycles. The summed E-state index contributed by atoms with van der Waals surface area (Å²) in [4.78, 5) is 28.5. The van der Waals surface area contributed by atoms with Crippen LogP contribution in [0.2, 0.25) is 0 Å². The van der Waals surface area contributed by atoms with Crippen LogP contribution in [-0.2, 0) is 15.0 Å². The number of Topliss-reactive ketones (excluding diaryl/α,β-unsaturated/α-hetero) is 1. The van der Waals surface area contributed by atoms with Crippen molar-refractivity contribution in [3.05, 3.63) is 94.1 Å². The van der Waals surface area contributed by atoms with E-state index in [1.54, 1.807) is 37.4 Å². The van der Waals surface area contributed by atoms with Gasteiger partial charge in [0.2, 0.25) is 0 Å². The van der Waals surface area contributed by atoms with E-state index in [1.807, 2.05) is 44.2 Å². The van der Waals surface area contributed by atoms with Gasteiger partial charge in [0.05, 0.1) is 31.4 Å². The Balaban J connectivity index is 2.00. The highest BCUT2D eigenvalue weighted by Crippen LogP contribution is 2.44. The van der Waals surface area contributed by atoms with Gasteiger partial charge < -0.3 is 14.6 Å². The summed E-state index contributed by atoms with van der Waals surface area (Å²) in [6.45, 7) is 10.1. The first-order chi connectivity index (χ1) is 17.5. The highest BCUT2D eigenvalue weighted by atomic mass is 16.5. The maximum absolute atomic E-state index is 13.6. The molecule has 1 fully saturated rings. The van der Waals surface area contributed by atoms with Gasteiger partial charge >= 0.3 is 0 Å². The van der Waals surface area contributed by atoms with Crippen LogP contribution in [0, 0.1) is 13.8 Å². The van der Waals surface area contributed by atoms with Crippen molar-refractivity contribution in [3.8, 4) is 11.5 Å². The summed E-state index contributed by atoms with van der Waals surface area (Å²) in [6, 6.07) is 17.5. The third-order valence-corrected chi connectivity index (χ3v) is 6.97. The predicted octanol–water partition coefficient (Wildman–Crippen LogP) is 6.24. The maximum Gasteiger partial charge on any atom is 0.300 e. The summed E-state index contributed by atoms with van der Waals surface area (Å²) < 4.78 is 10.9. The van der Waals surface area contributed by atoms with Crippen LogP contribution < -0.4 is 14.4 Å². The number of carbonyl (C=O) groups excluding carboxylic acids is 2. The number of methoxy groups -OCH3 is 2. The molecule has 1 N–H and O–H groups in total. The van der Waals surface area contributed by atoms with Crippen LogP contribution in [0.25, 0.3) is 5.76 Å². The number of ketones is 1. The maximum atomic E-state index is 13.6. The Morgan fingerprint density at radius 2 is 1.54 bits per heavy atom. The number of carbonyl (C=O) groups is 2. The van der Waals surface area contributed by atoms with Crippen molar-refractivity contribution >= 4 is 23.1 Å². The molecule has 4 rings (SSSR count). The van der Waals surface area contributed by atoms with Gasteiger partial charge in [0.1, 0.15) is 17.3 Å². The number of benzene rings is 3. The van der Waals surface area contributed by atoms with E-state index in [0.29, 0.717) is 28.3 Å². The third kappa shape index (κ3) is 4.71. The molecule has 6 heteroatoms. The first-order valence-corrected chi connectivity index (χ1v) is 12.2. The summed E-state index contributed by atoms with van der Waals surface area (Å²) in [5.41, 5.74) is 4.45. The van der Waals surface area contributed by atoms with Crippen molar-refractivity contribution in [1.82, 2.24) is 0 Å². The van der Waals surface area contributed by atoms with Crippen molar-refractivity contribution in [2.24, 2.45) is 0 Å². The molecule has 3 aromatic carbocycles. The lowest BCUT2D eigenvalue weighted by Crippen LogP contribution is -2.29. The summed E-state index contributed by atoms with van der Waals surface area (Å²) in [7, 11) is 3.09. The molecule has 0 radical (unpaired) electrons. The molecular weight excluding hydrogens is 466 g/mol. The first-order valence-electron chi connectivity index (χ1n) is 12.2. The van der Waals surface area contributed by atoms with E-state index >= 15 is 0 Å². The number of hydrogen-bond donors (Lipinski definition) is 1. The number of aryl methyl sites for hydroxylation is 2. The van der Waals surface area contributed by atoms with Crippen LogP contribution in [0.15, 0.2) is 66.2 Å². The molecule has 0 aromatic heterocycles. The monoisotopic (exact) mass is 499 g/mol. The Labute approximate surface area is 218 Å². The number of amides is 1. The Morgan fingerprint density at radius 3 is 2.11 bits per heavy atom. The lowest BCUT2D eigenvalue weighted by molar-refractivity contribution is -0.132. The molecule has 1 amide bonds. The van der Waals surface area contributed by atoms with Gasteiger partial charge in [0.15, 0.2) is 0 Å². The lowest BCUT2D eigenvalue weighted by Gasteiger charge is -2.26. The number of rotatable bonds is 5. The van der Waals surface area contributed by atoms with Crippen LogP contribution in [0.1, 0.15) is 54.6 Å². The number of anilines is 1. The van der Waals surface area contributed by atoms with Crippen LogP contribution in [0.4, 0.5) is 5.69 Å². The second-order valence-electron chi connectivity index (χ2n) is 10.4. The molecule has 37 heavy (non-hydrogen) atoms. The fourth-order valence-electron chi connectivity index (χ4n) is 4.58. The molecule has 1 saturated heterocycles. The molecule has 6 nitrogen and oxygen atoms in total. The number of nitrogens with zero attached hydrogens (tertiary/aromatic N) is 1. The Bertz CT molecular complexity index is 1400. The zero-order valence-corrected chi connectivity index (χ0v) is 22.4. The lowest BCUT2D eigenvalue weighted by atomic mass is 9.85. The molecule has 1 aliphatic rings. The summed E-state index contributed by atoms with van der Waals surface area (Å²) >= 11 is 0. The average molecular weight is 500 g/mol.